The van der Waals surface area contributed by atoms with Gasteiger partial charge in [-0.2, -0.15) is 0 Å². The van der Waals surface area contributed by atoms with E-state index in [1.54, 1.807) is 33.9 Å². The molecule has 0 aliphatic carbocycles. The van der Waals surface area contributed by atoms with Crippen LogP contribution in [0.2, 0.25) is 0 Å². The summed E-state index contributed by atoms with van der Waals surface area (Å²) >= 11 is 0. The predicted molar refractivity (Wildman–Crippen MR) is 198 cm³/mol. The number of hydrogen-bond donors (Lipinski definition) is 1. The van der Waals surface area contributed by atoms with Crippen LogP contribution in [0.4, 0.5) is 0 Å². The number of amides is 6. The normalized spacial score (nSPS) is 20.7. The second-order valence-corrected chi connectivity index (χ2v) is 15.8. The highest BCUT2D eigenvalue weighted by molar-refractivity contribution is 6.06. The highest BCUT2D eigenvalue weighted by atomic mass is 16.5. The van der Waals surface area contributed by atoms with Gasteiger partial charge in [0, 0.05) is 39.6 Å². The molecule has 1 saturated heterocycles. The van der Waals surface area contributed by atoms with E-state index in [4.69, 9.17) is 4.74 Å². The lowest BCUT2D eigenvalue weighted by Gasteiger charge is -2.38. The molecule has 2 rings (SSSR count). The van der Waals surface area contributed by atoms with Crippen LogP contribution in [0, 0.1) is 23.7 Å². The van der Waals surface area contributed by atoms with Gasteiger partial charge in [-0.15, -0.1) is 0 Å². The Labute approximate surface area is 311 Å². The van der Waals surface area contributed by atoms with Crippen molar-refractivity contribution in [1.29, 1.82) is 0 Å². The number of rotatable bonds is 18. The van der Waals surface area contributed by atoms with Gasteiger partial charge in [0.15, 0.2) is 0 Å². The SMILES string of the molecule is CCCCC(C)CC(C)C(=O)N(C)[C@@H](CC(C)C)C(=O)N[C@H](C(=O)N(C)[C@H](C(=O)N1CCC[C@H]1C(=O)N1C(=O)C=CC1C)C(C)C)[C@@H](C)OC(C)=O. The van der Waals surface area contributed by atoms with Gasteiger partial charge in [-0.1, -0.05) is 73.8 Å². The first-order chi connectivity index (χ1) is 24.2. The maximum atomic E-state index is 14.4. The molecule has 294 valence electrons. The molecule has 0 aromatic heterocycles. The molecule has 0 saturated carbocycles. The molecule has 6 amide bonds. The number of carbonyl (C=O) groups excluding carboxylic acids is 7. The number of nitrogens with zero attached hydrogens (tertiary/aromatic N) is 4. The van der Waals surface area contributed by atoms with Crippen LogP contribution in [-0.4, -0.2) is 118 Å². The van der Waals surface area contributed by atoms with Crippen molar-refractivity contribution in [2.45, 2.75) is 150 Å². The number of unbranched alkanes of at least 4 members (excludes halogenated alkanes) is 1. The molecule has 8 atom stereocenters. The van der Waals surface area contributed by atoms with Gasteiger partial charge in [-0.05, 0) is 57.3 Å². The number of ether oxygens (including phenoxy) is 1. The fourth-order valence-electron chi connectivity index (χ4n) is 7.49. The van der Waals surface area contributed by atoms with Gasteiger partial charge < -0.3 is 24.8 Å². The zero-order valence-corrected chi connectivity index (χ0v) is 33.6. The first kappa shape index (κ1) is 44.4. The van der Waals surface area contributed by atoms with E-state index in [0.29, 0.717) is 31.6 Å². The molecule has 0 bridgehead atoms. The van der Waals surface area contributed by atoms with Gasteiger partial charge >= 0.3 is 5.97 Å². The highest BCUT2D eigenvalue weighted by Crippen LogP contribution is 2.27. The molecule has 0 aromatic carbocycles. The maximum absolute atomic E-state index is 14.4. The molecule has 0 aromatic rings. The topological polar surface area (TPSA) is 154 Å². The summed E-state index contributed by atoms with van der Waals surface area (Å²) in [7, 11) is 3.06. The van der Waals surface area contributed by atoms with Crippen LogP contribution in [0.25, 0.3) is 0 Å². The van der Waals surface area contributed by atoms with E-state index >= 15 is 0 Å². The van der Waals surface area contributed by atoms with Gasteiger partial charge in [0.1, 0.15) is 30.3 Å². The lowest BCUT2D eigenvalue weighted by atomic mass is 9.91. The number of nitrogens with one attached hydrogen (secondary N) is 1. The monoisotopic (exact) mass is 731 g/mol. The van der Waals surface area contributed by atoms with Crippen molar-refractivity contribution in [2.24, 2.45) is 23.7 Å². The summed E-state index contributed by atoms with van der Waals surface area (Å²) in [5, 5.41) is 2.80. The minimum Gasteiger partial charge on any atom is -0.460 e. The third kappa shape index (κ3) is 11.4. The Morgan fingerprint density at radius 2 is 1.60 bits per heavy atom. The molecular weight excluding hydrogens is 666 g/mol. The van der Waals surface area contributed by atoms with Crippen molar-refractivity contribution < 1.29 is 38.3 Å². The molecule has 1 N–H and O–H groups in total. The van der Waals surface area contributed by atoms with Crippen LogP contribution in [0.5, 0.6) is 0 Å². The number of likely N-dealkylation sites (tertiary alicyclic amines) is 1. The summed E-state index contributed by atoms with van der Waals surface area (Å²) in [6.45, 7) is 18.3. The molecule has 1 fully saturated rings. The van der Waals surface area contributed by atoms with Crippen LogP contribution in [0.3, 0.4) is 0 Å². The van der Waals surface area contributed by atoms with E-state index in [1.165, 1.54) is 41.7 Å². The number of carbonyl (C=O) groups is 7. The molecular formula is C39H65N5O8. The molecule has 2 aliphatic heterocycles. The van der Waals surface area contributed by atoms with Crippen molar-refractivity contribution in [3.05, 3.63) is 12.2 Å². The van der Waals surface area contributed by atoms with Crippen LogP contribution in [-0.2, 0) is 38.3 Å². The molecule has 3 unspecified atom stereocenters. The fraction of sp³-hybridized carbons (Fsp3) is 0.769. The van der Waals surface area contributed by atoms with E-state index in [-0.39, 0.29) is 24.3 Å². The zero-order valence-electron chi connectivity index (χ0n) is 33.6. The third-order valence-corrected chi connectivity index (χ3v) is 10.3. The van der Waals surface area contributed by atoms with E-state index < -0.39 is 77.7 Å². The predicted octanol–water partition coefficient (Wildman–Crippen LogP) is 3.94. The summed E-state index contributed by atoms with van der Waals surface area (Å²) < 4.78 is 5.43. The Hall–Kier alpha value is -3.77. The average molecular weight is 732 g/mol. The number of likely N-dealkylation sites (N-methyl/N-ethyl adjacent to an activating group) is 2. The van der Waals surface area contributed by atoms with Crippen molar-refractivity contribution in [2.75, 3.05) is 20.6 Å². The van der Waals surface area contributed by atoms with Crippen molar-refractivity contribution in [3.63, 3.8) is 0 Å². The summed E-state index contributed by atoms with van der Waals surface area (Å²) in [6.07, 6.45) is 6.99. The standard InChI is InChI=1S/C39H65N5O8/c1-13-14-16-25(6)22-26(7)36(48)41(11)31(21-23(2)3)35(47)40-33(28(9)52-29(10)45)38(50)42(12)34(24(4)5)39(51)43-20-15-17-30(43)37(49)44-27(8)18-19-32(44)46/h18-19,23-28,30-31,33-34H,13-17,20-22H2,1-12H3,(H,40,47)/t25?,26?,27?,28-,30+,31+,33+,34+/m1/s1. The lowest BCUT2D eigenvalue weighted by molar-refractivity contribution is -0.157. The molecule has 13 nitrogen and oxygen atoms in total. The summed E-state index contributed by atoms with van der Waals surface area (Å²) in [5.74, 6) is -3.76. The van der Waals surface area contributed by atoms with Gasteiger partial charge in [0.25, 0.3) is 11.8 Å². The van der Waals surface area contributed by atoms with Crippen LogP contribution < -0.4 is 5.32 Å². The second-order valence-electron chi connectivity index (χ2n) is 15.8. The first-order valence-electron chi connectivity index (χ1n) is 19.1. The molecule has 13 heteroatoms. The Morgan fingerprint density at radius 3 is 2.12 bits per heavy atom. The van der Waals surface area contributed by atoms with E-state index in [1.807, 2.05) is 20.8 Å². The molecule has 0 radical (unpaired) electrons. The number of imide groups is 1. The molecule has 0 spiro atoms. The second kappa shape index (κ2) is 19.9. The van der Waals surface area contributed by atoms with Crippen molar-refractivity contribution in [1.82, 2.24) is 24.9 Å². The molecule has 2 aliphatic rings. The van der Waals surface area contributed by atoms with Gasteiger partial charge in [0.05, 0.1) is 6.04 Å². The molecule has 2 heterocycles. The Balaban J connectivity index is 2.38. The van der Waals surface area contributed by atoms with Crippen LogP contribution in [0.1, 0.15) is 114 Å². The van der Waals surface area contributed by atoms with Crippen molar-refractivity contribution >= 4 is 41.4 Å². The third-order valence-electron chi connectivity index (χ3n) is 10.3. The van der Waals surface area contributed by atoms with Crippen LogP contribution >= 0.6 is 0 Å². The zero-order chi connectivity index (χ0) is 39.6. The van der Waals surface area contributed by atoms with Crippen LogP contribution in [0.15, 0.2) is 12.2 Å². The molecule has 52 heavy (non-hydrogen) atoms. The Bertz CT molecular complexity index is 1330. The quantitative estimate of drug-likeness (QED) is 0.164. The van der Waals surface area contributed by atoms with Gasteiger partial charge in [0.2, 0.25) is 23.6 Å². The van der Waals surface area contributed by atoms with E-state index in [9.17, 15) is 33.6 Å². The lowest BCUT2D eigenvalue weighted by Crippen LogP contribution is -2.62. The summed E-state index contributed by atoms with van der Waals surface area (Å²) in [4.78, 5) is 99.8. The largest absolute Gasteiger partial charge is 0.460 e. The Morgan fingerprint density at radius 1 is 0.962 bits per heavy atom. The number of esters is 1. The average Bonchev–Trinajstić information content (AvgIpc) is 3.69. The Kier molecular flexibility index (Phi) is 17.0. The minimum atomic E-state index is -1.38. The summed E-state index contributed by atoms with van der Waals surface area (Å²) in [5.41, 5.74) is 0. The van der Waals surface area contributed by atoms with E-state index in [0.717, 1.165) is 24.2 Å². The first-order valence-corrected chi connectivity index (χ1v) is 19.1. The number of hydrogen-bond acceptors (Lipinski definition) is 8. The maximum Gasteiger partial charge on any atom is 0.302 e. The summed E-state index contributed by atoms with van der Waals surface area (Å²) in [6, 6.07) is -4.62. The van der Waals surface area contributed by atoms with Gasteiger partial charge in [-0.3, -0.25) is 38.5 Å². The van der Waals surface area contributed by atoms with Gasteiger partial charge in [-0.25, -0.2) is 0 Å². The van der Waals surface area contributed by atoms with E-state index in [2.05, 4.69) is 19.2 Å². The fourth-order valence-corrected chi connectivity index (χ4v) is 7.49. The minimum absolute atomic E-state index is 0.0289. The smallest absolute Gasteiger partial charge is 0.302 e. The highest BCUT2D eigenvalue weighted by Gasteiger charge is 2.46. The van der Waals surface area contributed by atoms with Crippen molar-refractivity contribution in [3.8, 4) is 0 Å².